The average molecular weight is 438 g/mol. The molecule has 6 heteroatoms. The zero-order valence-corrected chi connectivity index (χ0v) is 17.4. The molecule has 2 N–H and O–H groups in total. The molecule has 0 unspecified atom stereocenters. The van der Waals surface area contributed by atoms with E-state index < -0.39 is 0 Å². The SMILES string of the molecule is CCNC(=NCC(C)(C)N1CCOCC1)NC1CCCCC1.I. The summed E-state index contributed by atoms with van der Waals surface area (Å²) in [5.41, 5.74) is 0.0820. The predicted octanol–water partition coefficient (Wildman–Crippen LogP) is 2.60. The summed E-state index contributed by atoms with van der Waals surface area (Å²) in [5, 5.41) is 7.03. The normalized spacial score (nSPS) is 21.6. The average Bonchev–Trinajstić information content (AvgIpc) is 2.55. The maximum atomic E-state index is 5.46. The van der Waals surface area contributed by atoms with Gasteiger partial charge in [-0.2, -0.15) is 0 Å². The van der Waals surface area contributed by atoms with Gasteiger partial charge in [0.25, 0.3) is 0 Å². The molecule has 5 nitrogen and oxygen atoms in total. The summed E-state index contributed by atoms with van der Waals surface area (Å²) >= 11 is 0. The van der Waals surface area contributed by atoms with Crippen LogP contribution in [0.5, 0.6) is 0 Å². The fourth-order valence-electron chi connectivity index (χ4n) is 3.30. The van der Waals surface area contributed by atoms with Crippen molar-refractivity contribution < 1.29 is 4.74 Å². The first-order valence-electron chi connectivity index (χ1n) is 8.99. The summed E-state index contributed by atoms with van der Waals surface area (Å²) < 4.78 is 5.46. The number of ether oxygens (including phenoxy) is 1. The molecule has 0 atom stereocenters. The van der Waals surface area contributed by atoms with E-state index in [1.807, 2.05) is 0 Å². The number of nitrogens with zero attached hydrogens (tertiary/aromatic N) is 2. The number of hydrogen-bond acceptors (Lipinski definition) is 3. The molecule has 1 saturated heterocycles. The van der Waals surface area contributed by atoms with Crippen LogP contribution in [0, 0.1) is 0 Å². The Labute approximate surface area is 159 Å². The second-order valence-corrected chi connectivity index (χ2v) is 7.09. The van der Waals surface area contributed by atoms with Gasteiger partial charge in [-0.3, -0.25) is 9.89 Å². The second-order valence-electron chi connectivity index (χ2n) is 7.09. The van der Waals surface area contributed by atoms with Crippen molar-refractivity contribution in [1.29, 1.82) is 0 Å². The molecule has 1 heterocycles. The van der Waals surface area contributed by atoms with Gasteiger partial charge in [0.2, 0.25) is 0 Å². The van der Waals surface area contributed by atoms with E-state index in [0.717, 1.165) is 45.4 Å². The van der Waals surface area contributed by atoms with Crippen molar-refractivity contribution in [3.63, 3.8) is 0 Å². The summed E-state index contributed by atoms with van der Waals surface area (Å²) in [7, 11) is 0. The largest absolute Gasteiger partial charge is 0.379 e. The van der Waals surface area contributed by atoms with Crippen LogP contribution in [0.15, 0.2) is 4.99 Å². The van der Waals surface area contributed by atoms with Crippen molar-refractivity contribution in [2.45, 2.75) is 64.5 Å². The number of nitrogens with one attached hydrogen (secondary N) is 2. The highest BCUT2D eigenvalue weighted by molar-refractivity contribution is 14.0. The van der Waals surface area contributed by atoms with Crippen LogP contribution in [-0.4, -0.2) is 61.8 Å². The van der Waals surface area contributed by atoms with Crippen molar-refractivity contribution in [3.8, 4) is 0 Å². The molecule has 0 aromatic rings. The first kappa shape index (κ1) is 21.0. The summed E-state index contributed by atoms with van der Waals surface area (Å²) in [4.78, 5) is 7.36. The third-order valence-corrected chi connectivity index (χ3v) is 4.78. The van der Waals surface area contributed by atoms with Crippen LogP contribution in [0.25, 0.3) is 0 Å². The molecule has 0 radical (unpaired) electrons. The van der Waals surface area contributed by atoms with Crippen LogP contribution in [0.4, 0.5) is 0 Å². The van der Waals surface area contributed by atoms with Gasteiger partial charge in [0.1, 0.15) is 0 Å². The van der Waals surface area contributed by atoms with Crippen LogP contribution in [0.2, 0.25) is 0 Å². The van der Waals surface area contributed by atoms with E-state index in [1.54, 1.807) is 0 Å². The van der Waals surface area contributed by atoms with Crippen LogP contribution in [0.1, 0.15) is 52.9 Å². The zero-order valence-electron chi connectivity index (χ0n) is 15.1. The summed E-state index contributed by atoms with van der Waals surface area (Å²) in [5.74, 6) is 0.982. The van der Waals surface area contributed by atoms with Gasteiger partial charge in [-0.1, -0.05) is 19.3 Å². The Morgan fingerprint density at radius 3 is 2.43 bits per heavy atom. The van der Waals surface area contributed by atoms with E-state index >= 15 is 0 Å². The van der Waals surface area contributed by atoms with Gasteiger partial charge in [0, 0.05) is 31.2 Å². The zero-order chi connectivity index (χ0) is 15.8. The molecule has 2 aliphatic rings. The molecule has 0 spiro atoms. The Balaban J connectivity index is 0.00000264. The maximum absolute atomic E-state index is 5.46. The van der Waals surface area contributed by atoms with Gasteiger partial charge in [-0.15, -0.1) is 24.0 Å². The summed E-state index contributed by atoms with van der Waals surface area (Å²) in [6.07, 6.45) is 6.62. The smallest absolute Gasteiger partial charge is 0.191 e. The van der Waals surface area contributed by atoms with E-state index in [-0.39, 0.29) is 29.5 Å². The number of hydrogen-bond donors (Lipinski definition) is 2. The summed E-state index contributed by atoms with van der Waals surface area (Å²) in [6.45, 7) is 12.1. The Kier molecular flexibility index (Phi) is 9.77. The number of guanidine groups is 1. The van der Waals surface area contributed by atoms with Crippen molar-refractivity contribution in [1.82, 2.24) is 15.5 Å². The molecule has 0 aromatic carbocycles. The molecule has 136 valence electrons. The molecule has 0 amide bonds. The monoisotopic (exact) mass is 438 g/mol. The van der Waals surface area contributed by atoms with Crippen LogP contribution < -0.4 is 10.6 Å². The number of halogens is 1. The molecule has 2 fully saturated rings. The van der Waals surface area contributed by atoms with Gasteiger partial charge in [-0.25, -0.2) is 0 Å². The quantitative estimate of drug-likeness (QED) is 0.394. The predicted molar refractivity (Wildman–Crippen MR) is 108 cm³/mol. The minimum Gasteiger partial charge on any atom is -0.379 e. The van der Waals surface area contributed by atoms with Gasteiger partial charge in [0.05, 0.1) is 19.8 Å². The topological polar surface area (TPSA) is 48.9 Å². The molecular weight excluding hydrogens is 403 g/mol. The molecule has 2 rings (SSSR count). The lowest BCUT2D eigenvalue weighted by Gasteiger charge is -2.40. The van der Waals surface area contributed by atoms with Gasteiger partial charge in [-0.05, 0) is 33.6 Å². The van der Waals surface area contributed by atoms with E-state index in [1.165, 1.54) is 32.1 Å². The highest BCUT2D eigenvalue weighted by Gasteiger charge is 2.28. The minimum atomic E-state index is 0. The number of rotatable bonds is 5. The molecule has 0 aromatic heterocycles. The van der Waals surface area contributed by atoms with Gasteiger partial charge in [0.15, 0.2) is 5.96 Å². The standard InChI is InChI=1S/C17H34N4O.HI/c1-4-18-16(20-15-8-6-5-7-9-15)19-14-17(2,3)21-10-12-22-13-11-21;/h15H,4-14H2,1-3H3,(H2,18,19,20);1H. The Morgan fingerprint density at radius 2 is 1.83 bits per heavy atom. The van der Waals surface area contributed by atoms with Crippen molar-refractivity contribution in [2.75, 3.05) is 39.4 Å². The highest BCUT2D eigenvalue weighted by Crippen LogP contribution is 2.18. The molecule has 23 heavy (non-hydrogen) atoms. The van der Waals surface area contributed by atoms with E-state index in [4.69, 9.17) is 9.73 Å². The number of morpholine rings is 1. The highest BCUT2D eigenvalue weighted by atomic mass is 127. The maximum Gasteiger partial charge on any atom is 0.191 e. The number of aliphatic imine (C=N–C) groups is 1. The van der Waals surface area contributed by atoms with Crippen LogP contribution >= 0.6 is 24.0 Å². The lowest BCUT2D eigenvalue weighted by Crippen LogP contribution is -2.52. The summed E-state index contributed by atoms with van der Waals surface area (Å²) in [6, 6.07) is 0.595. The Morgan fingerprint density at radius 1 is 1.17 bits per heavy atom. The molecule has 1 aliphatic heterocycles. The first-order chi connectivity index (χ1) is 10.6. The fraction of sp³-hybridized carbons (Fsp3) is 0.941. The lowest BCUT2D eigenvalue weighted by molar-refractivity contribution is -0.00684. The second kappa shape index (κ2) is 10.7. The Bertz CT molecular complexity index is 351. The molecule has 1 aliphatic carbocycles. The Hall–Kier alpha value is -0.0800. The first-order valence-corrected chi connectivity index (χ1v) is 8.99. The van der Waals surface area contributed by atoms with Crippen molar-refractivity contribution in [3.05, 3.63) is 0 Å². The van der Waals surface area contributed by atoms with E-state index in [9.17, 15) is 0 Å². The van der Waals surface area contributed by atoms with Gasteiger partial charge >= 0.3 is 0 Å². The molecule has 1 saturated carbocycles. The van der Waals surface area contributed by atoms with E-state index in [2.05, 4.69) is 36.3 Å². The van der Waals surface area contributed by atoms with Crippen molar-refractivity contribution >= 4 is 29.9 Å². The minimum absolute atomic E-state index is 0. The van der Waals surface area contributed by atoms with Crippen LogP contribution in [0.3, 0.4) is 0 Å². The third-order valence-electron chi connectivity index (χ3n) is 4.78. The molecule has 0 bridgehead atoms. The lowest BCUT2D eigenvalue weighted by atomic mass is 9.96. The molecular formula is C17H35IN4O. The fourth-order valence-corrected chi connectivity index (χ4v) is 3.30. The van der Waals surface area contributed by atoms with Crippen LogP contribution in [-0.2, 0) is 4.74 Å². The third kappa shape index (κ3) is 7.13. The van der Waals surface area contributed by atoms with E-state index in [0.29, 0.717) is 6.04 Å². The van der Waals surface area contributed by atoms with Gasteiger partial charge < -0.3 is 15.4 Å². The van der Waals surface area contributed by atoms with Crippen molar-refractivity contribution in [2.24, 2.45) is 4.99 Å².